The number of hydrogen-bond donors (Lipinski definition) is 1. The summed E-state index contributed by atoms with van der Waals surface area (Å²) in [6.45, 7) is 0.170. The summed E-state index contributed by atoms with van der Waals surface area (Å²) >= 11 is 0. The Morgan fingerprint density at radius 3 is 2.58 bits per heavy atom. The van der Waals surface area contributed by atoms with Crippen LogP contribution < -0.4 is 4.72 Å². The van der Waals surface area contributed by atoms with Crippen LogP contribution in [0.4, 0.5) is 0 Å². The van der Waals surface area contributed by atoms with Crippen molar-refractivity contribution in [2.24, 2.45) is 0 Å². The van der Waals surface area contributed by atoms with Gasteiger partial charge in [-0.25, -0.2) is 18.1 Å². The zero-order chi connectivity index (χ0) is 13.7. The van der Waals surface area contributed by atoms with E-state index in [4.69, 9.17) is 5.26 Å². The average molecular weight is 273 g/mol. The molecule has 0 unspecified atom stereocenters. The zero-order valence-electron chi connectivity index (χ0n) is 9.95. The molecule has 1 heterocycles. The predicted octanol–water partition coefficient (Wildman–Crippen LogP) is 1.43. The molecule has 1 N–H and O–H groups in total. The van der Waals surface area contributed by atoms with E-state index in [1.807, 2.05) is 30.3 Å². The minimum absolute atomic E-state index is 0.103. The van der Waals surface area contributed by atoms with Gasteiger partial charge < -0.3 is 0 Å². The van der Waals surface area contributed by atoms with Crippen molar-refractivity contribution in [2.45, 2.75) is 11.4 Å². The molecular formula is C13H11N3O2S. The van der Waals surface area contributed by atoms with E-state index in [9.17, 15) is 8.42 Å². The normalized spacial score (nSPS) is 10.9. The third-order valence-corrected chi connectivity index (χ3v) is 3.91. The Kier molecular flexibility index (Phi) is 3.90. The number of hydrogen-bond acceptors (Lipinski definition) is 4. The number of nitrogens with zero attached hydrogens (tertiary/aromatic N) is 2. The third-order valence-electron chi connectivity index (χ3n) is 2.48. The Bertz CT molecular complexity index is 706. The molecule has 0 atom stereocenters. The van der Waals surface area contributed by atoms with Crippen LogP contribution in [0.25, 0.3) is 0 Å². The SMILES string of the molecule is N#Cc1ncccc1S(=O)(=O)NCc1ccccc1. The van der Waals surface area contributed by atoms with E-state index in [1.54, 1.807) is 6.07 Å². The third kappa shape index (κ3) is 3.16. The molecule has 2 rings (SSSR count). The second kappa shape index (κ2) is 5.61. The van der Waals surface area contributed by atoms with Crippen molar-refractivity contribution < 1.29 is 8.42 Å². The van der Waals surface area contributed by atoms with Crippen LogP contribution in [-0.2, 0) is 16.6 Å². The molecule has 0 amide bonds. The highest BCUT2D eigenvalue weighted by atomic mass is 32.2. The fraction of sp³-hybridized carbons (Fsp3) is 0.0769. The minimum Gasteiger partial charge on any atom is -0.244 e. The van der Waals surface area contributed by atoms with E-state index < -0.39 is 10.0 Å². The second-order valence-electron chi connectivity index (χ2n) is 3.77. The summed E-state index contributed by atoms with van der Waals surface area (Å²) in [6.07, 6.45) is 1.38. The Labute approximate surface area is 111 Å². The first-order valence-corrected chi connectivity index (χ1v) is 7.00. The minimum atomic E-state index is -3.74. The maximum atomic E-state index is 12.1. The van der Waals surface area contributed by atoms with Gasteiger partial charge >= 0.3 is 0 Å². The van der Waals surface area contributed by atoms with Crippen LogP contribution >= 0.6 is 0 Å². The van der Waals surface area contributed by atoms with Gasteiger partial charge in [0.2, 0.25) is 10.0 Å². The number of aromatic nitrogens is 1. The molecule has 0 radical (unpaired) electrons. The van der Waals surface area contributed by atoms with E-state index in [0.29, 0.717) is 0 Å². The molecule has 2 aromatic rings. The van der Waals surface area contributed by atoms with Crippen molar-refractivity contribution in [3.63, 3.8) is 0 Å². The highest BCUT2D eigenvalue weighted by Gasteiger charge is 2.18. The molecule has 6 heteroatoms. The molecular weight excluding hydrogens is 262 g/mol. The molecule has 0 aliphatic rings. The molecule has 19 heavy (non-hydrogen) atoms. The summed E-state index contributed by atoms with van der Waals surface area (Å²) < 4.78 is 26.6. The highest BCUT2D eigenvalue weighted by Crippen LogP contribution is 2.12. The van der Waals surface area contributed by atoms with Gasteiger partial charge in [0.25, 0.3) is 0 Å². The van der Waals surface area contributed by atoms with Crippen LogP contribution in [0, 0.1) is 11.3 Å². The van der Waals surface area contributed by atoms with Gasteiger partial charge in [-0.3, -0.25) is 0 Å². The highest BCUT2D eigenvalue weighted by molar-refractivity contribution is 7.89. The lowest BCUT2D eigenvalue weighted by atomic mass is 10.2. The smallest absolute Gasteiger partial charge is 0.243 e. The summed E-state index contributed by atoms with van der Waals surface area (Å²) in [7, 11) is -3.74. The fourth-order valence-corrected chi connectivity index (χ4v) is 2.67. The predicted molar refractivity (Wildman–Crippen MR) is 69.4 cm³/mol. The fourth-order valence-electron chi connectivity index (χ4n) is 1.54. The lowest BCUT2D eigenvalue weighted by Gasteiger charge is -2.07. The van der Waals surface area contributed by atoms with Crippen molar-refractivity contribution in [3.05, 3.63) is 59.9 Å². The standard InChI is InChI=1S/C13H11N3O2S/c14-9-12-13(7-4-8-15-12)19(17,18)16-10-11-5-2-1-3-6-11/h1-8,16H,10H2. The van der Waals surface area contributed by atoms with Crippen LogP contribution in [-0.4, -0.2) is 13.4 Å². The van der Waals surface area contributed by atoms with Gasteiger partial charge in [-0.1, -0.05) is 30.3 Å². The maximum Gasteiger partial charge on any atom is 0.243 e. The van der Waals surface area contributed by atoms with E-state index in [-0.39, 0.29) is 17.1 Å². The van der Waals surface area contributed by atoms with Gasteiger partial charge in [0.1, 0.15) is 11.0 Å². The Morgan fingerprint density at radius 2 is 1.89 bits per heavy atom. The van der Waals surface area contributed by atoms with Crippen LogP contribution in [0.3, 0.4) is 0 Å². The van der Waals surface area contributed by atoms with Gasteiger partial charge in [0.15, 0.2) is 5.69 Å². The molecule has 0 aliphatic carbocycles. The Morgan fingerprint density at radius 1 is 1.16 bits per heavy atom. The van der Waals surface area contributed by atoms with Gasteiger partial charge in [0.05, 0.1) is 0 Å². The van der Waals surface area contributed by atoms with Crippen molar-refractivity contribution in [1.82, 2.24) is 9.71 Å². The van der Waals surface area contributed by atoms with E-state index in [2.05, 4.69) is 9.71 Å². The number of sulfonamides is 1. The molecule has 0 fully saturated rings. The maximum absolute atomic E-state index is 12.1. The van der Waals surface area contributed by atoms with Gasteiger partial charge in [-0.2, -0.15) is 5.26 Å². The van der Waals surface area contributed by atoms with E-state index in [1.165, 1.54) is 18.3 Å². The molecule has 0 saturated carbocycles. The van der Waals surface area contributed by atoms with Crippen LogP contribution in [0.15, 0.2) is 53.6 Å². The summed E-state index contributed by atoms with van der Waals surface area (Å²) in [5.41, 5.74) is 0.733. The average Bonchev–Trinajstić information content (AvgIpc) is 2.46. The van der Waals surface area contributed by atoms with Gasteiger partial charge in [-0.05, 0) is 17.7 Å². The zero-order valence-corrected chi connectivity index (χ0v) is 10.8. The Balaban J connectivity index is 2.22. The molecule has 0 aliphatic heterocycles. The lowest BCUT2D eigenvalue weighted by molar-refractivity contribution is 0.580. The van der Waals surface area contributed by atoms with Crippen molar-refractivity contribution in [3.8, 4) is 6.07 Å². The number of rotatable bonds is 4. The molecule has 0 bridgehead atoms. The van der Waals surface area contributed by atoms with Crippen molar-refractivity contribution >= 4 is 10.0 Å². The quantitative estimate of drug-likeness (QED) is 0.913. The monoisotopic (exact) mass is 273 g/mol. The largest absolute Gasteiger partial charge is 0.244 e. The van der Waals surface area contributed by atoms with Crippen LogP contribution in [0.1, 0.15) is 11.3 Å². The van der Waals surface area contributed by atoms with Crippen LogP contribution in [0.5, 0.6) is 0 Å². The summed E-state index contributed by atoms with van der Waals surface area (Å²) in [5, 5.41) is 8.86. The number of nitriles is 1. The summed E-state index contributed by atoms with van der Waals surface area (Å²) in [6, 6.07) is 13.8. The first kappa shape index (κ1) is 13.2. The van der Waals surface area contributed by atoms with Gasteiger partial charge in [-0.15, -0.1) is 0 Å². The molecule has 0 saturated heterocycles. The van der Waals surface area contributed by atoms with E-state index in [0.717, 1.165) is 5.56 Å². The summed E-state index contributed by atoms with van der Waals surface area (Å²) in [5.74, 6) is 0. The van der Waals surface area contributed by atoms with Crippen molar-refractivity contribution in [1.29, 1.82) is 5.26 Å². The van der Waals surface area contributed by atoms with Crippen molar-refractivity contribution in [2.75, 3.05) is 0 Å². The molecule has 5 nitrogen and oxygen atoms in total. The molecule has 96 valence electrons. The first-order chi connectivity index (χ1) is 9.13. The topological polar surface area (TPSA) is 82.8 Å². The summed E-state index contributed by atoms with van der Waals surface area (Å²) in [4.78, 5) is 3.63. The molecule has 1 aromatic carbocycles. The van der Waals surface area contributed by atoms with Gasteiger partial charge in [0, 0.05) is 12.7 Å². The molecule has 1 aromatic heterocycles. The van der Waals surface area contributed by atoms with E-state index >= 15 is 0 Å². The number of pyridine rings is 1. The van der Waals surface area contributed by atoms with Crippen LogP contribution in [0.2, 0.25) is 0 Å². The number of nitrogens with one attached hydrogen (secondary N) is 1. The first-order valence-electron chi connectivity index (χ1n) is 5.52. The molecule has 0 spiro atoms. The number of benzene rings is 1. The Hall–Kier alpha value is -2.23. The lowest BCUT2D eigenvalue weighted by Crippen LogP contribution is -2.24. The second-order valence-corrected chi connectivity index (χ2v) is 5.51.